The van der Waals surface area contributed by atoms with Gasteiger partial charge in [0.25, 0.3) is 5.91 Å². The molecule has 0 atom stereocenters. The number of hydrogen-bond donors (Lipinski definition) is 1. The third-order valence-electron chi connectivity index (χ3n) is 4.68. The smallest absolute Gasteiger partial charge is 0.266 e. The second-order valence-electron chi connectivity index (χ2n) is 6.85. The minimum Gasteiger partial charge on any atom is -0.266 e. The van der Waals surface area contributed by atoms with Gasteiger partial charge in [0.05, 0.1) is 16.7 Å². The van der Waals surface area contributed by atoms with Gasteiger partial charge in [0.15, 0.2) is 5.69 Å². The number of halogens is 2. The van der Waals surface area contributed by atoms with E-state index in [0.717, 1.165) is 26.7 Å². The van der Waals surface area contributed by atoms with Gasteiger partial charge in [-0.3, -0.25) is 9.48 Å². The van der Waals surface area contributed by atoms with Gasteiger partial charge in [-0.2, -0.15) is 10.2 Å². The van der Waals surface area contributed by atoms with Gasteiger partial charge in [-0.1, -0.05) is 64.5 Å². The molecule has 1 heterocycles. The predicted molar refractivity (Wildman–Crippen MR) is 127 cm³/mol. The van der Waals surface area contributed by atoms with Crippen molar-refractivity contribution in [2.45, 2.75) is 13.5 Å². The largest absolute Gasteiger partial charge is 0.293 e. The molecule has 5 nitrogen and oxygen atoms in total. The molecule has 150 valence electrons. The van der Waals surface area contributed by atoms with Crippen LogP contribution in [0.15, 0.2) is 87.0 Å². The Morgan fingerprint density at radius 1 is 1.03 bits per heavy atom. The van der Waals surface area contributed by atoms with Crippen LogP contribution in [-0.2, 0) is 6.54 Å². The van der Waals surface area contributed by atoms with Crippen LogP contribution in [0.1, 0.15) is 28.5 Å². The van der Waals surface area contributed by atoms with Crippen molar-refractivity contribution in [3.05, 3.63) is 98.7 Å². The maximum absolute atomic E-state index is 12.6. The Hall–Kier alpha value is -2.77. The van der Waals surface area contributed by atoms with Gasteiger partial charge in [-0.25, -0.2) is 5.43 Å². The van der Waals surface area contributed by atoms with Gasteiger partial charge >= 0.3 is 0 Å². The molecule has 0 radical (unpaired) electrons. The summed E-state index contributed by atoms with van der Waals surface area (Å²) in [7, 11) is 0. The summed E-state index contributed by atoms with van der Waals surface area (Å²) in [6, 6.07) is 22.2. The fraction of sp³-hybridized carbons (Fsp3) is 0.0870. The van der Waals surface area contributed by atoms with Crippen LogP contribution in [0.25, 0.3) is 10.8 Å². The van der Waals surface area contributed by atoms with Crippen LogP contribution in [0.5, 0.6) is 0 Å². The molecule has 0 saturated carbocycles. The molecule has 0 aliphatic rings. The Bertz CT molecular complexity index is 1250. The maximum Gasteiger partial charge on any atom is 0.293 e. The number of fused-ring (bicyclic) bond motifs is 1. The van der Waals surface area contributed by atoms with E-state index in [1.807, 2.05) is 55.5 Å². The van der Waals surface area contributed by atoms with Crippen molar-refractivity contribution in [2.24, 2.45) is 5.10 Å². The molecule has 3 aromatic carbocycles. The van der Waals surface area contributed by atoms with Gasteiger partial charge < -0.3 is 0 Å². The highest BCUT2D eigenvalue weighted by molar-refractivity contribution is 9.10. The van der Waals surface area contributed by atoms with Crippen LogP contribution >= 0.6 is 31.9 Å². The molecule has 30 heavy (non-hydrogen) atoms. The number of nitrogens with zero attached hydrogens (tertiary/aromatic N) is 3. The SMILES string of the molecule is C/C(=N/NC(=O)c1nn(Cc2ccc(Br)cc2)cc1Br)c1ccc2ccccc2c1. The number of aromatic nitrogens is 2. The lowest BCUT2D eigenvalue weighted by Crippen LogP contribution is -2.20. The van der Waals surface area contributed by atoms with Crippen molar-refractivity contribution in [1.29, 1.82) is 0 Å². The number of hydrazone groups is 1. The molecular weight excluding hydrogens is 508 g/mol. The summed E-state index contributed by atoms with van der Waals surface area (Å²) in [6.45, 7) is 2.43. The third-order valence-corrected chi connectivity index (χ3v) is 5.79. The number of carbonyl (C=O) groups is 1. The lowest BCUT2D eigenvalue weighted by atomic mass is 10.0. The summed E-state index contributed by atoms with van der Waals surface area (Å²) >= 11 is 6.85. The minimum absolute atomic E-state index is 0.294. The summed E-state index contributed by atoms with van der Waals surface area (Å²) in [4.78, 5) is 12.6. The monoisotopic (exact) mass is 524 g/mol. The molecule has 7 heteroatoms. The first-order chi connectivity index (χ1) is 14.5. The molecular formula is C23H18Br2N4O. The van der Waals surface area contributed by atoms with E-state index in [1.165, 1.54) is 5.39 Å². The van der Waals surface area contributed by atoms with Crippen molar-refractivity contribution >= 4 is 54.3 Å². The fourth-order valence-electron chi connectivity index (χ4n) is 3.08. The highest BCUT2D eigenvalue weighted by Gasteiger charge is 2.15. The zero-order valence-corrected chi connectivity index (χ0v) is 19.3. The van der Waals surface area contributed by atoms with Gasteiger partial charge in [-0.15, -0.1) is 0 Å². The number of carbonyl (C=O) groups excluding carboxylic acids is 1. The average molecular weight is 526 g/mol. The Kier molecular flexibility index (Phi) is 6.11. The molecule has 0 bridgehead atoms. The molecule has 0 fully saturated rings. The number of benzene rings is 3. The van der Waals surface area contributed by atoms with Crippen LogP contribution in [0.4, 0.5) is 0 Å². The second-order valence-corrected chi connectivity index (χ2v) is 8.62. The van der Waals surface area contributed by atoms with Crippen LogP contribution in [0, 0.1) is 0 Å². The number of nitrogens with one attached hydrogen (secondary N) is 1. The lowest BCUT2D eigenvalue weighted by molar-refractivity contribution is 0.0948. The third kappa shape index (κ3) is 4.68. The molecule has 0 aliphatic carbocycles. The fourth-order valence-corrected chi connectivity index (χ4v) is 3.84. The van der Waals surface area contributed by atoms with Gasteiger partial charge in [0.1, 0.15) is 0 Å². The average Bonchev–Trinajstić information content (AvgIpc) is 3.13. The van der Waals surface area contributed by atoms with Crippen molar-refractivity contribution < 1.29 is 4.79 Å². The summed E-state index contributed by atoms with van der Waals surface area (Å²) in [5.74, 6) is -0.364. The first kappa shape index (κ1) is 20.5. The van der Waals surface area contributed by atoms with E-state index in [0.29, 0.717) is 16.7 Å². The standard InChI is InChI=1S/C23H18Br2N4O/c1-15(18-9-8-17-4-2-3-5-19(17)12-18)26-27-23(30)22-21(25)14-29(28-22)13-16-6-10-20(24)11-7-16/h2-12,14H,13H2,1H3,(H,27,30)/b26-15-. The van der Waals surface area contributed by atoms with Crippen molar-refractivity contribution in [3.8, 4) is 0 Å². The van der Waals surface area contributed by atoms with Crippen LogP contribution in [-0.4, -0.2) is 21.4 Å². The van der Waals surface area contributed by atoms with E-state index in [-0.39, 0.29) is 5.91 Å². The van der Waals surface area contributed by atoms with E-state index >= 15 is 0 Å². The van der Waals surface area contributed by atoms with Gasteiger partial charge in [0, 0.05) is 10.7 Å². The van der Waals surface area contributed by atoms with E-state index in [4.69, 9.17) is 0 Å². The Morgan fingerprint density at radius 2 is 1.77 bits per heavy atom. The zero-order valence-electron chi connectivity index (χ0n) is 16.1. The van der Waals surface area contributed by atoms with Crippen LogP contribution in [0.2, 0.25) is 0 Å². The molecule has 0 aliphatic heterocycles. The van der Waals surface area contributed by atoms with Crippen molar-refractivity contribution in [1.82, 2.24) is 15.2 Å². The van der Waals surface area contributed by atoms with E-state index in [1.54, 1.807) is 10.9 Å². The molecule has 4 aromatic rings. The molecule has 1 amide bonds. The number of amides is 1. The summed E-state index contributed by atoms with van der Waals surface area (Å²) in [6.07, 6.45) is 1.79. The predicted octanol–water partition coefficient (Wildman–Crippen LogP) is 5.76. The molecule has 4 rings (SSSR count). The van der Waals surface area contributed by atoms with Crippen LogP contribution in [0.3, 0.4) is 0 Å². The van der Waals surface area contributed by atoms with Crippen molar-refractivity contribution in [3.63, 3.8) is 0 Å². The molecule has 0 saturated heterocycles. The summed E-state index contributed by atoms with van der Waals surface area (Å²) in [5.41, 5.74) is 5.66. The van der Waals surface area contributed by atoms with Gasteiger partial charge in [0.2, 0.25) is 0 Å². The summed E-state index contributed by atoms with van der Waals surface area (Å²) < 4.78 is 3.37. The highest BCUT2D eigenvalue weighted by atomic mass is 79.9. The van der Waals surface area contributed by atoms with E-state index in [9.17, 15) is 4.79 Å². The normalized spacial score (nSPS) is 11.6. The zero-order chi connectivity index (χ0) is 21.1. The summed E-state index contributed by atoms with van der Waals surface area (Å²) in [5, 5.41) is 11.0. The quantitative estimate of drug-likeness (QED) is 0.266. The number of rotatable bonds is 5. The van der Waals surface area contributed by atoms with Crippen LogP contribution < -0.4 is 5.43 Å². The van der Waals surface area contributed by atoms with E-state index < -0.39 is 0 Å². The second kappa shape index (κ2) is 8.93. The van der Waals surface area contributed by atoms with Gasteiger partial charge in [-0.05, 0) is 63.0 Å². The maximum atomic E-state index is 12.6. The topological polar surface area (TPSA) is 59.3 Å². The first-order valence-corrected chi connectivity index (χ1v) is 10.9. The lowest BCUT2D eigenvalue weighted by Gasteiger charge is -2.04. The number of hydrogen-bond acceptors (Lipinski definition) is 3. The highest BCUT2D eigenvalue weighted by Crippen LogP contribution is 2.18. The molecule has 1 aromatic heterocycles. The molecule has 0 spiro atoms. The van der Waals surface area contributed by atoms with Crippen molar-refractivity contribution in [2.75, 3.05) is 0 Å². The Balaban J connectivity index is 1.47. The molecule has 0 unspecified atom stereocenters. The minimum atomic E-state index is -0.364. The van der Waals surface area contributed by atoms with E-state index in [2.05, 4.69) is 65.7 Å². The molecule has 1 N–H and O–H groups in total. The first-order valence-electron chi connectivity index (χ1n) is 9.31. The Labute approximate surface area is 191 Å². The Morgan fingerprint density at radius 3 is 2.53 bits per heavy atom.